The molecule has 0 radical (unpaired) electrons. The van der Waals surface area contributed by atoms with Crippen LogP contribution >= 0.6 is 0 Å². The molecule has 0 heterocycles. The van der Waals surface area contributed by atoms with Gasteiger partial charge in [-0.05, 0) is 13.3 Å². The molecule has 0 aromatic rings. The smallest absolute Gasteiger partial charge is 0.246 e. The Kier molecular flexibility index (Phi) is 7.15. The molecule has 1 atom stereocenters. The van der Waals surface area contributed by atoms with E-state index >= 15 is 0 Å². The van der Waals surface area contributed by atoms with E-state index in [4.69, 9.17) is 11.5 Å². The monoisotopic (exact) mass is 228 g/mol. The molecule has 0 saturated heterocycles. The maximum Gasteiger partial charge on any atom is 0.246 e. The fraction of sp³-hybridized carbons (Fsp3) is 0.600. The van der Waals surface area contributed by atoms with Crippen LogP contribution in [0, 0.1) is 0 Å². The maximum absolute atomic E-state index is 11.2. The number of hydrogen-bond acceptors (Lipinski definition) is 4. The SMILES string of the molecule is C=C(C)C(=O)NCCCNC(=O)[C@H](N)CN. The van der Waals surface area contributed by atoms with Crippen molar-refractivity contribution in [2.24, 2.45) is 11.5 Å². The van der Waals surface area contributed by atoms with E-state index in [0.717, 1.165) is 0 Å². The number of carbonyl (C=O) groups excluding carboxylic acids is 2. The second-order valence-electron chi connectivity index (χ2n) is 3.52. The summed E-state index contributed by atoms with van der Waals surface area (Å²) in [6.45, 7) is 6.22. The molecule has 0 aromatic carbocycles. The standard InChI is InChI=1S/C10H20N4O2/c1-7(2)9(15)13-4-3-5-14-10(16)8(12)6-11/h8H,1,3-6,11-12H2,2H3,(H,13,15)(H,14,16)/t8-/m1/s1. The number of rotatable bonds is 7. The van der Waals surface area contributed by atoms with Crippen molar-refractivity contribution in [3.63, 3.8) is 0 Å². The third-order valence-corrected chi connectivity index (χ3v) is 1.92. The Labute approximate surface area is 95.4 Å². The molecule has 16 heavy (non-hydrogen) atoms. The Morgan fingerprint density at radius 1 is 1.31 bits per heavy atom. The minimum Gasteiger partial charge on any atom is -0.355 e. The molecule has 0 aromatic heterocycles. The van der Waals surface area contributed by atoms with Crippen LogP contribution in [0.15, 0.2) is 12.2 Å². The van der Waals surface area contributed by atoms with Gasteiger partial charge in [0.05, 0.1) is 6.04 Å². The summed E-state index contributed by atoms with van der Waals surface area (Å²) in [5.41, 5.74) is 11.1. The van der Waals surface area contributed by atoms with Gasteiger partial charge in [-0.3, -0.25) is 9.59 Å². The zero-order chi connectivity index (χ0) is 12.6. The molecule has 2 amide bonds. The highest BCUT2D eigenvalue weighted by atomic mass is 16.2. The van der Waals surface area contributed by atoms with Gasteiger partial charge in [-0.25, -0.2) is 0 Å². The van der Waals surface area contributed by atoms with Crippen molar-refractivity contribution in [1.82, 2.24) is 10.6 Å². The zero-order valence-electron chi connectivity index (χ0n) is 9.58. The average molecular weight is 228 g/mol. The molecule has 0 aliphatic rings. The van der Waals surface area contributed by atoms with Crippen molar-refractivity contribution in [3.8, 4) is 0 Å². The van der Waals surface area contributed by atoms with Crippen molar-refractivity contribution in [2.45, 2.75) is 19.4 Å². The van der Waals surface area contributed by atoms with Crippen LogP contribution in [0.5, 0.6) is 0 Å². The Morgan fingerprint density at radius 3 is 2.38 bits per heavy atom. The highest BCUT2D eigenvalue weighted by Gasteiger charge is 2.09. The predicted molar refractivity (Wildman–Crippen MR) is 62.5 cm³/mol. The lowest BCUT2D eigenvalue weighted by Gasteiger charge is -2.10. The van der Waals surface area contributed by atoms with E-state index in [1.54, 1.807) is 6.92 Å². The van der Waals surface area contributed by atoms with Crippen molar-refractivity contribution < 1.29 is 9.59 Å². The number of amides is 2. The molecule has 0 spiro atoms. The fourth-order valence-electron chi connectivity index (χ4n) is 0.891. The lowest BCUT2D eigenvalue weighted by atomic mass is 10.3. The molecule has 0 unspecified atom stereocenters. The number of carbonyl (C=O) groups is 2. The third-order valence-electron chi connectivity index (χ3n) is 1.92. The van der Waals surface area contributed by atoms with Gasteiger partial charge in [0.25, 0.3) is 0 Å². The van der Waals surface area contributed by atoms with E-state index in [-0.39, 0.29) is 18.4 Å². The number of nitrogens with one attached hydrogen (secondary N) is 2. The maximum atomic E-state index is 11.2. The van der Waals surface area contributed by atoms with Crippen LogP contribution in [0.2, 0.25) is 0 Å². The van der Waals surface area contributed by atoms with Crippen LogP contribution in [0.4, 0.5) is 0 Å². The molecule has 6 N–H and O–H groups in total. The van der Waals surface area contributed by atoms with Gasteiger partial charge in [0.2, 0.25) is 11.8 Å². The van der Waals surface area contributed by atoms with Gasteiger partial charge < -0.3 is 22.1 Å². The summed E-state index contributed by atoms with van der Waals surface area (Å²) in [6, 6.07) is -0.662. The number of nitrogens with two attached hydrogens (primary N) is 2. The molecule has 0 aliphatic carbocycles. The first-order valence-electron chi connectivity index (χ1n) is 5.16. The zero-order valence-corrected chi connectivity index (χ0v) is 9.58. The summed E-state index contributed by atoms with van der Waals surface area (Å²) in [4.78, 5) is 22.2. The first-order chi connectivity index (χ1) is 7.49. The minimum absolute atomic E-state index is 0.123. The lowest BCUT2D eigenvalue weighted by molar-refractivity contribution is -0.122. The molecule has 0 aliphatic heterocycles. The molecule has 92 valence electrons. The number of hydrogen-bond donors (Lipinski definition) is 4. The van der Waals surface area contributed by atoms with E-state index < -0.39 is 6.04 Å². The third kappa shape index (κ3) is 6.15. The predicted octanol–water partition coefficient (Wildman–Crippen LogP) is -1.53. The first kappa shape index (κ1) is 14.6. The highest BCUT2D eigenvalue weighted by molar-refractivity contribution is 5.92. The van der Waals surface area contributed by atoms with Crippen molar-refractivity contribution in [3.05, 3.63) is 12.2 Å². The van der Waals surface area contributed by atoms with Gasteiger partial charge in [-0.15, -0.1) is 0 Å². The summed E-state index contributed by atoms with van der Waals surface area (Å²) < 4.78 is 0. The van der Waals surface area contributed by atoms with Gasteiger partial charge in [0.1, 0.15) is 0 Å². The summed E-state index contributed by atoms with van der Waals surface area (Å²) >= 11 is 0. The quantitative estimate of drug-likeness (QED) is 0.313. The Hall–Kier alpha value is -1.40. The van der Waals surface area contributed by atoms with Gasteiger partial charge >= 0.3 is 0 Å². The molecular weight excluding hydrogens is 208 g/mol. The summed E-state index contributed by atoms with van der Waals surface area (Å²) in [6.07, 6.45) is 0.641. The van der Waals surface area contributed by atoms with E-state index in [1.807, 2.05) is 0 Å². The summed E-state index contributed by atoms with van der Waals surface area (Å²) in [5.74, 6) is -0.446. The summed E-state index contributed by atoms with van der Waals surface area (Å²) in [7, 11) is 0. The molecule has 0 bridgehead atoms. The topological polar surface area (TPSA) is 110 Å². The highest BCUT2D eigenvalue weighted by Crippen LogP contribution is 1.85. The first-order valence-corrected chi connectivity index (χ1v) is 5.16. The van der Waals surface area contributed by atoms with Crippen LogP contribution in [0.1, 0.15) is 13.3 Å². The van der Waals surface area contributed by atoms with Crippen molar-refractivity contribution in [1.29, 1.82) is 0 Å². The van der Waals surface area contributed by atoms with Crippen LogP contribution < -0.4 is 22.1 Å². The molecule has 6 nitrogen and oxygen atoms in total. The van der Waals surface area contributed by atoms with E-state index in [2.05, 4.69) is 17.2 Å². The molecular formula is C10H20N4O2. The molecule has 6 heteroatoms. The fourth-order valence-corrected chi connectivity index (χ4v) is 0.891. The normalized spacial score (nSPS) is 11.7. The lowest BCUT2D eigenvalue weighted by Crippen LogP contribution is -2.45. The van der Waals surface area contributed by atoms with Gasteiger partial charge in [0, 0.05) is 25.2 Å². The van der Waals surface area contributed by atoms with E-state index in [0.29, 0.717) is 25.1 Å². The molecule has 0 saturated carbocycles. The second kappa shape index (κ2) is 7.84. The molecule has 0 fully saturated rings. The van der Waals surface area contributed by atoms with E-state index in [1.165, 1.54) is 0 Å². The van der Waals surface area contributed by atoms with Gasteiger partial charge in [-0.2, -0.15) is 0 Å². The van der Waals surface area contributed by atoms with Crippen LogP contribution in [-0.2, 0) is 9.59 Å². The van der Waals surface area contributed by atoms with Crippen LogP contribution in [0.3, 0.4) is 0 Å². The van der Waals surface area contributed by atoms with E-state index in [9.17, 15) is 9.59 Å². The summed E-state index contributed by atoms with van der Waals surface area (Å²) in [5, 5.41) is 5.27. The second-order valence-corrected chi connectivity index (χ2v) is 3.52. The van der Waals surface area contributed by atoms with Crippen molar-refractivity contribution >= 4 is 11.8 Å². The van der Waals surface area contributed by atoms with Gasteiger partial charge in [0.15, 0.2) is 0 Å². The average Bonchev–Trinajstić information content (AvgIpc) is 2.26. The molecule has 0 rings (SSSR count). The Morgan fingerprint density at radius 2 is 1.88 bits per heavy atom. The van der Waals surface area contributed by atoms with Gasteiger partial charge in [-0.1, -0.05) is 6.58 Å². The Bertz CT molecular complexity index is 266. The minimum atomic E-state index is -0.662. The Balaban J connectivity index is 3.51. The van der Waals surface area contributed by atoms with Crippen molar-refractivity contribution in [2.75, 3.05) is 19.6 Å². The largest absolute Gasteiger partial charge is 0.355 e. The van der Waals surface area contributed by atoms with Crippen LogP contribution in [-0.4, -0.2) is 37.5 Å². The van der Waals surface area contributed by atoms with Crippen LogP contribution in [0.25, 0.3) is 0 Å².